The van der Waals surface area contributed by atoms with Crippen molar-refractivity contribution in [3.8, 4) is 11.3 Å². The van der Waals surface area contributed by atoms with Crippen LogP contribution in [0.1, 0.15) is 36.3 Å². The molecule has 39 heavy (non-hydrogen) atoms. The van der Waals surface area contributed by atoms with Gasteiger partial charge in [0.05, 0.1) is 17.6 Å². The fourth-order valence-electron chi connectivity index (χ4n) is 4.85. The maximum atomic E-state index is 14.2. The molecule has 2 aromatic carbocycles. The average molecular weight is 541 g/mol. The lowest BCUT2D eigenvalue weighted by molar-refractivity contribution is -0.137. The molecule has 2 heterocycles. The molecule has 1 aliphatic heterocycles. The number of rotatable bonds is 9. The molecule has 2 amide bonds. The van der Waals surface area contributed by atoms with E-state index in [0.29, 0.717) is 32.5 Å². The monoisotopic (exact) mass is 540 g/mol. The Morgan fingerprint density at radius 3 is 2.62 bits per heavy atom. The average Bonchev–Trinajstić information content (AvgIpc) is 3.42. The Morgan fingerprint density at radius 1 is 1.18 bits per heavy atom. The van der Waals surface area contributed by atoms with Crippen LogP contribution in [0.25, 0.3) is 11.3 Å². The minimum Gasteiger partial charge on any atom is -0.392 e. The number of hydrogen-bond donors (Lipinski definition) is 2. The smallest absolute Gasteiger partial charge is 0.273 e. The first-order chi connectivity index (χ1) is 18.6. The highest BCUT2D eigenvalue weighted by Gasteiger charge is 2.39. The zero-order valence-electron chi connectivity index (χ0n) is 22.3. The van der Waals surface area contributed by atoms with Crippen molar-refractivity contribution in [1.82, 2.24) is 20.3 Å². The number of halogens is 2. The van der Waals surface area contributed by atoms with E-state index in [0.717, 1.165) is 17.7 Å². The highest BCUT2D eigenvalue weighted by atomic mass is 19.1. The standard InChI is InChI=1S/C29H34F2N4O4/c1-18(19(2)36)35-14-12-25(23(17-35)29(38)34(3)13-11-20-7-5-4-6-8-20)32-28(37)26-16-27(39-33-26)22-10-9-21(30)15-24(22)31/h4-10,15-16,18-19,23,25,36H,11-14,17H2,1-3H3,(H,32,37)/t18-,19-,23-,25-/m1/s1. The van der Waals surface area contributed by atoms with Crippen LogP contribution in [-0.4, -0.2) is 76.7 Å². The van der Waals surface area contributed by atoms with E-state index < -0.39 is 35.6 Å². The van der Waals surface area contributed by atoms with Crippen molar-refractivity contribution in [3.63, 3.8) is 0 Å². The molecule has 4 rings (SSSR count). The molecule has 0 aliphatic carbocycles. The number of carbonyl (C=O) groups is 2. The number of aromatic nitrogens is 1. The molecule has 1 fully saturated rings. The molecule has 4 atom stereocenters. The Labute approximate surface area is 226 Å². The molecule has 0 saturated carbocycles. The van der Waals surface area contributed by atoms with Crippen LogP contribution in [0.3, 0.4) is 0 Å². The maximum absolute atomic E-state index is 14.2. The molecule has 8 nitrogen and oxygen atoms in total. The van der Waals surface area contributed by atoms with Crippen LogP contribution in [0.15, 0.2) is 59.1 Å². The van der Waals surface area contributed by atoms with Gasteiger partial charge in [-0.2, -0.15) is 0 Å². The highest BCUT2D eigenvalue weighted by molar-refractivity contribution is 5.94. The second-order valence-corrected chi connectivity index (χ2v) is 10.1. The van der Waals surface area contributed by atoms with Crippen LogP contribution in [0, 0.1) is 17.6 Å². The SMILES string of the molecule is C[C@H]([C@@H](C)O)N1CC[C@@H](NC(=O)c2cc(-c3ccc(F)cc3F)on2)[C@H](C(=O)N(C)CCc2ccccc2)C1. The number of piperidine rings is 1. The molecule has 3 aromatic rings. The molecule has 0 radical (unpaired) electrons. The van der Waals surface area contributed by atoms with Crippen molar-refractivity contribution in [2.75, 3.05) is 26.7 Å². The van der Waals surface area contributed by atoms with Crippen LogP contribution in [0.5, 0.6) is 0 Å². The van der Waals surface area contributed by atoms with Crippen LogP contribution in [0.4, 0.5) is 8.78 Å². The number of carbonyl (C=O) groups excluding carboxylic acids is 2. The van der Waals surface area contributed by atoms with Gasteiger partial charge in [-0.15, -0.1) is 0 Å². The predicted molar refractivity (Wildman–Crippen MR) is 142 cm³/mol. The van der Waals surface area contributed by atoms with Crippen molar-refractivity contribution in [3.05, 3.63) is 77.5 Å². The summed E-state index contributed by atoms with van der Waals surface area (Å²) in [7, 11) is 1.75. The summed E-state index contributed by atoms with van der Waals surface area (Å²) in [6, 6.07) is 13.6. The molecule has 1 aliphatic rings. The van der Waals surface area contributed by atoms with E-state index in [4.69, 9.17) is 4.52 Å². The van der Waals surface area contributed by atoms with Crippen LogP contribution < -0.4 is 5.32 Å². The Morgan fingerprint density at radius 2 is 1.92 bits per heavy atom. The third-order valence-electron chi connectivity index (χ3n) is 7.45. The Bertz CT molecular complexity index is 1280. The lowest BCUT2D eigenvalue weighted by atomic mass is 9.89. The minimum atomic E-state index is -0.832. The lowest BCUT2D eigenvalue weighted by Gasteiger charge is -2.42. The Hall–Kier alpha value is -3.63. The molecule has 0 bridgehead atoms. The van der Waals surface area contributed by atoms with Crippen LogP contribution >= 0.6 is 0 Å². The molecule has 0 spiro atoms. The van der Waals surface area contributed by atoms with E-state index >= 15 is 0 Å². The zero-order valence-corrected chi connectivity index (χ0v) is 22.3. The lowest BCUT2D eigenvalue weighted by Crippen LogP contribution is -2.58. The van der Waals surface area contributed by atoms with Gasteiger partial charge in [-0.3, -0.25) is 14.5 Å². The predicted octanol–water partition coefficient (Wildman–Crippen LogP) is 3.51. The van der Waals surface area contributed by atoms with E-state index in [1.165, 1.54) is 12.1 Å². The van der Waals surface area contributed by atoms with Gasteiger partial charge < -0.3 is 19.8 Å². The van der Waals surface area contributed by atoms with Crippen molar-refractivity contribution in [2.24, 2.45) is 5.92 Å². The summed E-state index contributed by atoms with van der Waals surface area (Å²) < 4.78 is 32.6. The minimum absolute atomic E-state index is 0.00787. The van der Waals surface area contributed by atoms with Gasteiger partial charge in [0.25, 0.3) is 5.91 Å². The zero-order chi connectivity index (χ0) is 28.1. The first-order valence-corrected chi connectivity index (χ1v) is 13.1. The van der Waals surface area contributed by atoms with E-state index in [9.17, 15) is 23.5 Å². The topological polar surface area (TPSA) is 98.9 Å². The van der Waals surface area contributed by atoms with E-state index in [1.54, 1.807) is 18.9 Å². The number of benzene rings is 2. The van der Waals surface area contributed by atoms with Gasteiger partial charge in [0.1, 0.15) is 11.6 Å². The Balaban J connectivity index is 1.48. The number of likely N-dealkylation sites (N-methyl/N-ethyl adjacent to an activating group) is 1. The van der Waals surface area contributed by atoms with Crippen LogP contribution in [0.2, 0.25) is 0 Å². The normalized spacial score (nSPS) is 19.3. The second-order valence-electron chi connectivity index (χ2n) is 10.1. The number of nitrogens with zero attached hydrogens (tertiary/aromatic N) is 3. The molecule has 10 heteroatoms. The highest BCUT2D eigenvalue weighted by Crippen LogP contribution is 2.26. The van der Waals surface area contributed by atoms with Crippen molar-refractivity contribution in [2.45, 2.75) is 44.9 Å². The van der Waals surface area contributed by atoms with Gasteiger partial charge in [-0.25, -0.2) is 8.78 Å². The molecule has 2 N–H and O–H groups in total. The number of hydrogen-bond acceptors (Lipinski definition) is 6. The molecule has 208 valence electrons. The summed E-state index contributed by atoms with van der Waals surface area (Å²) in [6.45, 7) is 5.10. The molecular formula is C29H34F2N4O4. The van der Waals surface area contributed by atoms with Gasteiger partial charge in [-0.05, 0) is 44.4 Å². The third-order valence-corrected chi connectivity index (χ3v) is 7.45. The molecule has 0 unspecified atom stereocenters. The summed E-state index contributed by atoms with van der Waals surface area (Å²) in [4.78, 5) is 30.5. The third kappa shape index (κ3) is 6.88. The number of aliphatic hydroxyl groups excluding tert-OH is 1. The second kappa shape index (κ2) is 12.5. The maximum Gasteiger partial charge on any atom is 0.273 e. The largest absolute Gasteiger partial charge is 0.392 e. The van der Waals surface area contributed by atoms with Crippen molar-refractivity contribution in [1.29, 1.82) is 0 Å². The van der Waals surface area contributed by atoms with Gasteiger partial charge in [0, 0.05) is 50.9 Å². The molecular weight excluding hydrogens is 506 g/mol. The van der Waals surface area contributed by atoms with Crippen LogP contribution in [-0.2, 0) is 11.2 Å². The first-order valence-electron chi connectivity index (χ1n) is 13.1. The Kier molecular flexibility index (Phi) is 9.08. The number of likely N-dealkylation sites (tertiary alicyclic amines) is 1. The van der Waals surface area contributed by atoms with E-state index in [-0.39, 0.29) is 29.0 Å². The number of aliphatic hydroxyl groups is 1. The number of nitrogens with one attached hydrogen (secondary N) is 1. The quantitative estimate of drug-likeness (QED) is 0.431. The molecule has 1 aromatic heterocycles. The van der Waals surface area contributed by atoms with Gasteiger partial charge >= 0.3 is 0 Å². The summed E-state index contributed by atoms with van der Waals surface area (Å²) in [5.41, 5.74) is 1.03. The summed E-state index contributed by atoms with van der Waals surface area (Å²) in [6.07, 6.45) is 0.605. The van der Waals surface area contributed by atoms with Crippen molar-refractivity contribution >= 4 is 11.8 Å². The van der Waals surface area contributed by atoms with Gasteiger partial charge in [0.2, 0.25) is 5.91 Å². The fraction of sp³-hybridized carbons (Fsp3) is 0.414. The molecule has 1 saturated heterocycles. The summed E-state index contributed by atoms with van der Waals surface area (Å²) >= 11 is 0. The van der Waals surface area contributed by atoms with Crippen molar-refractivity contribution < 1.29 is 28.0 Å². The fourth-order valence-corrected chi connectivity index (χ4v) is 4.85. The summed E-state index contributed by atoms with van der Waals surface area (Å²) in [5.74, 6) is -2.78. The van der Waals surface area contributed by atoms with E-state index in [1.807, 2.05) is 37.3 Å². The van der Waals surface area contributed by atoms with E-state index in [2.05, 4.69) is 15.4 Å². The van der Waals surface area contributed by atoms with Gasteiger partial charge in [-0.1, -0.05) is 35.5 Å². The first kappa shape index (κ1) is 28.4. The van der Waals surface area contributed by atoms with Gasteiger partial charge in [0.15, 0.2) is 11.5 Å². The summed E-state index contributed by atoms with van der Waals surface area (Å²) in [5, 5.41) is 16.8. The number of amides is 2.